The Labute approximate surface area is 167 Å². The van der Waals surface area contributed by atoms with Crippen molar-refractivity contribution in [1.29, 1.82) is 0 Å². The van der Waals surface area contributed by atoms with Crippen LogP contribution in [0.15, 0.2) is 54.7 Å². The van der Waals surface area contributed by atoms with Gasteiger partial charge in [0.25, 0.3) is 0 Å². The lowest BCUT2D eigenvalue weighted by atomic mass is 9.99. The van der Waals surface area contributed by atoms with E-state index in [1.165, 1.54) is 10.9 Å². The van der Waals surface area contributed by atoms with Crippen LogP contribution in [0.1, 0.15) is 50.8 Å². The molecule has 0 aliphatic heterocycles. The summed E-state index contributed by atoms with van der Waals surface area (Å²) in [7, 11) is 0. The number of ether oxygens (including phenoxy) is 1. The summed E-state index contributed by atoms with van der Waals surface area (Å²) in [5, 5.41) is 15.5. The van der Waals surface area contributed by atoms with Gasteiger partial charge in [0.15, 0.2) is 0 Å². The number of aliphatic hydroxyl groups excluding tert-OH is 1. The zero-order valence-corrected chi connectivity index (χ0v) is 17.2. The molecule has 4 nitrogen and oxygen atoms in total. The zero-order valence-electron chi connectivity index (χ0n) is 17.2. The SMILES string of the molecule is CC(C)(C)NCCCOc1ccccc1C(O)CCc1cccc2[nH]ccc12. The third-order valence-corrected chi connectivity index (χ3v) is 4.88. The van der Waals surface area contributed by atoms with Gasteiger partial charge >= 0.3 is 0 Å². The first-order chi connectivity index (χ1) is 13.4. The van der Waals surface area contributed by atoms with E-state index in [0.717, 1.165) is 36.2 Å². The number of H-pyrrole nitrogens is 1. The first-order valence-electron chi connectivity index (χ1n) is 10.1. The molecule has 1 atom stereocenters. The molecular formula is C24H32N2O2. The molecule has 0 saturated heterocycles. The molecule has 1 aromatic heterocycles. The second kappa shape index (κ2) is 9.26. The Hall–Kier alpha value is -2.30. The summed E-state index contributed by atoms with van der Waals surface area (Å²) in [5.41, 5.74) is 3.38. The van der Waals surface area contributed by atoms with E-state index in [-0.39, 0.29) is 5.54 Å². The highest BCUT2D eigenvalue weighted by Crippen LogP contribution is 2.29. The lowest BCUT2D eigenvalue weighted by Gasteiger charge is -2.21. The minimum Gasteiger partial charge on any atom is -0.493 e. The van der Waals surface area contributed by atoms with Gasteiger partial charge in [0, 0.05) is 28.2 Å². The van der Waals surface area contributed by atoms with Crippen LogP contribution in [0.3, 0.4) is 0 Å². The third-order valence-electron chi connectivity index (χ3n) is 4.88. The monoisotopic (exact) mass is 380 g/mol. The van der Waals surface area contributed by atoms with Crippen molar-refractivity contribution in [1.82, 2.24) is 10.3 Å². The Morgan fingerprint density at radius 1 is 1.07 bits per heavy atom. The van der Waals surface area contributed by atoms with Crippen LogP contribution in [0.2, 0.25) is 0 Å². The van der Waals surface area contributed by atoms with Crippen molar-refractivity contribution in [3.63, 3.8) is 0 Å². The highest BCUT2D eigenvalue weighted by atomic mass is 16.5. The van der Waals surface area contributed by atoms with Crippen LogP contribution in [0.4, 0.5) is 0 Å². The van der Waals surface area contributed by atoms with Crippen LogP contribution in [0, 0.1) is 0 Å². The Kier molecular flexibility index (Phi) is 6.76. The molecule has 1 unspecified atom stereocenters. The number of aliphatic hydroxyl groups is 1. The van der Waals surface area contributed by atoms with E-state index in [9.17, 15) is 5.11 Å². The molecule has 0 spiro atoms. The average Bonchev–Trinajstić information content (AvgIpc) is 3.14. The highest BCUT2D eigenvalue weighted by Gasteiger charge is 2.14. The number of para-hydroxylation sites is 1. The van der Waals surface area contributed by atoms with Crippen LogP contribution in [-0.2, 0) is 6.42 Å². The quantitative estimate of drug-likeness (QED) is 0.458. The molecule has 4 heteroatoms. The molecule has 0 radical (unpaired) electrons. The van der Waals surface area contributed by atoms with Crippen LogP contribution in [0.25, 0.3) is 10.9 Å². The lowest BCUT2D eigenvalue weighted by molar-refractivity contribution is 0.161. The molecule has 1 heterocycles. The second-order valence-electron chi connectivity index (χ2n) is 8.33. The Bertz CT molecular complexity index is 879. The summed E-state index contributed by atoms with van der Waals surface area (Å²) in [6, 6.07) is 16.2. The number of aromatic nitrogens is 1. The summed E-state index contributed by atoms with van der Waals surface area (Å²) in [4.78, 5) is 3.24. The number of hydrogen-bond acceptors (Lipinski definition) is 3. The first-order valence-corrected chi connectivity index (χ1v) is 10.1. The average molecular weight is 381 g/mol. The van der Waals surface area contributed by atoms with E-state index in [1.54, 1.807) is 0 Å². The third kappa shape index (κ3) is 5.60. The van der Waals surface area contributed by atoms with Gasteiger partial charge in [-0.1, -0.05) is 30.3 Å². The fourth-order valence-corrected chi connectivity index (χ4v) is 3.42. The number of benzene rings is 2. The predicted molar refractivity (Wildman–Crippen MR) is 116 cm³/mol. The van der Waals surface area contributed by atoms with E-state index in [4.69, 9.17) is 4.74 Å². The first kappa shape index (κ1) is 20.4. The van der Waals surface area contributed by atoms with Gasteiger partial charge in [-0.15, -0.1) is 0 Å². The largest absolute Gasteiger partial charge is 0.493 e. The van der Waals surface area contributed by atoms with Crippen molar-refractivity contribution in [3.8, 4) is 5.75 Å². The smallest absolute Gasteiger partial charge is 0.125 e. The van der Waals surface area contributed by atoms with Crippen LogP contribution >= 0.6 is 0 Å². The number of hydrogen-bond donors (Lipinski definition) is 3. The molecule has 0 fully saturated rings. The number of rotatable bonds is 9. The zero-order chi connectivity index (χ0) is 20.0. The minimum atomic E-state index is -0.543. The van der Waals surface area contributed by atoms with Crippen molar-refractivity contribution in [3.05, 3.63) is 65.9 Å². The van der Waals surface area contributed by atoms with Gasteiger partial charge in [-0.05, 0) is 70.3 Å². The molecule has 3 N–H and O–H groups in total. The van der Waals surface area contributed by atoms with Gasteiger partial charge in [0.2, 0.25) is 0 Å². The normalized spacial score (nSPS) is 13.0. The van der Waals surface area contributed by atoms with Gasteiger partial charge in [-0.3, -0.25) is 0 Å². The van der Waals surface area contributed by atoms with Crippen molar-refractivity contribution < 1.29 is 9.84 Å². The molecule has 0 saturated carbocycles. The van der Waals surface area contributed by atoms with Crippen LogP contribution in [0.5, 0.6) is 5.75 Å². The highest BCUT2D eigenvalue weighted by molar-refractivity contribution is 5.82. The Balaban J connectivity index is 1.56. The molecule has 3 rings (SSSR count). The standard InChI is InChI=1S/C24H32N2O2/c1-24(2,3)26-15-7-17-28-23-11-5-4-9-20(23)22(27)13-12-18-8-6-10-21-19(18)14-16-25-21/h4-6,8-11,14,16,22,25-27H,7,12-13,15,17H2,1-3H3. The molecule has 2 aromatic carbocycles. The van der Waals surface area contributed by atoms with E-state index < -0.39 is 6.10 Å². The van der Waals surface area contributed by atoms with Crippen molar-refractivity contribution in [2.24, 2.45) is 0 Å². The molecule has 0 aliphatic rings. The van der Waals surface area contributed by atoms with E-state index >= 15 is 0 Å². The summed E-state index contributed by atoms with van der Waals surface area (Å²) < 4.78 is 5.98. The minimum absolute atomic E-state index is 0.121. The molecule has 0 aliphatic carbocycles. The van der Waals surface area contributed by atoms with Gasteiger partial charge in [-0.2, -0.15) is 0 Å². The summed E-state index contributed by atoms with van der Waals surface area (Å²) in [5.74, 6) is 0.783. The van der Waals surface area contributed by atoms with Crippen LogP contribution < -0.4 is 10.1 Å². The fourth-order valence-electron chi connectivity index (χ4n) is 3.42. The Morgan fingerprint density at radius 2 is 1.89 bits per heavy atom. The summed E-state index contributed by atoms with van der Waals surface area (Å²) in [6.07, 6.45) is 3.83. The number of fused-ring (bicyclic) bond motifs is 1. The summed E-state index contributed by atoms with van der Waals surface area (Å²) >= 11 is 0. The van der Waals surface area contributed by atoms with Gasteiger partial charge in [0.05, 0.1) is 12.7 Å². The van der Waals surface area contributed by atoms with E-state index in [0.29, 0.717) is 13.0 Å². The predicted octanol–water partition coefficient (Wildman–Crippen LogP) is 4.99. The molecule has 28 heavy (non-hydrogen) atoms. The topological polar surface area (TPSA) is 57.3 Å². The maximum atomic E-state index is 10.8. The maximum Gasteiger partial charge on any atom is 0.125 e. The lowest BCUT2D eigenvalue weighted by Crippen LogP contribution is -2.36. The maximum absolute atomic E-state index is 10.8. The Morgan fingerprint density at radius 3 is 2.71 bits per heavy atom. The molecule has 3 aromatic rings. The second-order valence-corrected chi connectivity index (χ2v) is 8.33. The molecular weight excluding hydrogens is 348 g/mol. The molecule has 0 bridgehead atoms. The molecule has 150 valence electrons. The number of aromatic amines is 1. The summed E-state index contributed by atoms with van der Waals surface area (Å²) in [6.45, 7) is 8.03. The van der Waals surface area contributed by atoms with Gasteiger partial charge in [0.1, 0.15) is 5.75 Å². The van der Waals surface area contributed by atoms with Crippen molar-refractivity contribution >= 4 is 10.9 Å². The van der Waals surface area contributed by atoms with Gasteiger partial charge < -0.3 is 20.1 Å². The van der Waals surface area contributed by atoms with Crippen molar-refractivity contribution in [2.45, 2.75) is 51.7 Å². The van der Waals surface area contributed by atoms with Crippen molar-refractivity contribution in [2.75, 3.05) is 13.2 Å². The number of nitrogens with one attached hydrogen (secondary N) is 2. The van der Waals surface area contributed by atoms with E-state index in [2.05, 4.69) is 55.3 Å². The van der Waals surface area contributed by atoms with Crippen LogP contribution in [-0.4, -0.2) is 28.8 Å². The van der Waals surface area contributed by atoms with Gasteiger partial charge in [-0.25, -0.2) is 0 Å². The molecule has 0 amide bonds. The van der Waals surface area contributed by atoms with E-state index in [1.807, 2.05) is 30.5 Å². The fraction of sp³-hybridized carbons (Fsp3) is 0.417. The number of aryl methyl sites for hydroxylation is 1.